The number of hydrogen-bond donors (Lipinski definition) is 2. The summed E-state index contributed by atoms with van der Waals surface area (Å²) >= 11 is 4.63. The number of nitrogens with one attached hydrogen (secondary N) is 2. The Morgan fingerprint density at radius 3 is 1.74 bits per heavy atom. The number of carbonyl (C=O) groups is 2. The summed E-state index contributed by atoms with van der Waals surface area (Å²) in [6.07, 6.45) is 0. The molecule has 0 heterocycles. The first-order chi connectivity index (χ1) is 20.3. The molecule has 0 unspecified atom stereocenters. The second-order valence-electron chi connectivity index (χ2n) is 10.3. The molecule has 8 heteroatoms. The van der Waals surface area contributed by atoms with Gasteiger partial charge in [0, 0.05) is 50.0 Å². The fraction of sp³-hybridized carbons (Fsp3) is 0.353. The molecule has 0 aliphatic carbocycles. The zero-order valence-electron chi connectivity index (χ0n) is 24.9. The lowest BCUT2D eigenvalue weighted by molar-refractivity contribution is 0.0939. The van der Waals surface area contributed by atoms with Crippen molar-refractivity contribution in [3.05, 3.63) is 78.9 Å². The topological polar surface area (TPSA) is 64.7 Å². The Morgan fingerprint density at radius 1 is 0.619 bits per heavy atom. The number of amides is 2. The molecule has 0 aliphatic heterocycles. The molecule has 0 saturated carbocycles. The Labute approximate surface area is 276 Å². The minimum absolute atomic E-state index is 0.131. The predicted molar refractivity (Wildman–Crippen MR) is 193 cm³/mol. The van der Waals surface area contributed by atoms with Gasteiger partial charge in [0.1, 0.15) is 0 Å². The molecule has 2 amide bonds. The fourth-order valence-electron chi connectivity index (χ4n) is 5.37. The summed E-state index contributed by atoms with van der Waals surface area (Å²) in [5, 5.41) is 10.3. The molecule has 0 fully saturated rings. The number of halogens is 2. The number of rotatable bonds is 13. The largest absolute Gasteiger partial charge is 0.351 e. The van der Waals surface area contributed by atoms with Gasteiger partial charge in [-0.1, -0.05) is 45.9 Å². The van der Waals surface area contributed by atoms with Crippen LogP contribution < -0.4 is 10.6 Å². The quantitative estimate of drug-likeness (QED) is 0.143. The van der Waals surface area contributed by atoms with E-state index >= 15 is 0 Å². The number of nitrogens with zero attached hydrogens (tertiary/aromatic N) is 2. The maximum Gasteiger partial charge on any atom is 0.251 e. The van der Waals surface area contributed by atoms with Crippen LogP contribution in [0.3, 0.4) is 0 Å². The lowest BCUT2D eigenvalue weighted by atomic mass is 9.88. The summed E-state index contributed by atoms with van der Waals surface area (Å²) in [7, 11) is 0. The van der Waals surface area contributed by atoms with Gasteiger partial charge in [0.15, 0.2) is 0 Å². The van der Waals surface area contributed by atoms with Crippen molar-refractivity contribution >= 4 is 78.5 Å². The molecule has 2 N–H and O–H groups in total. The van der Waals surface area contributed by atoms with Crippen LogP contribution >= 0.6 is 45.2 Å². The van der Waals surface area contributed by atoms with Gasteiger partial charge in [-0.25, -0.2) is 0 Å². The normalized spacial score (nSPS) is 11.5. The second kappa shape index (κ2) is 15.4. The fourth-order valence-corrected chi connectivity index (χ4v) is 6.40. The third kappa shape index (κ3) is 7.81. The Bertz CT molecular complexity index is 1560. The maximum atomic E-state index is 13.9. The Morgan fingerprint density at radius 2 is 1.14 bits per heavy atom. The summed E-state index contributed by atoms with van der Waals surface area (Å²) in [5.74, 6) is -0.263. The van der Waals surface area contributed by atoms with Crippen LogP contribution in [0, 0.1) is 7.14 Å². The Kier molecular flexibility index (Phi) is 12.0. The van der Waals surface area contributed by atoms with E-state index < -0.39 is 0 Å². The highest BCUT2D eigenvalue weighted by molar-refractivity contribution is 14.1. The summed E-state index contributed by atoms with van der Waals surface area (Å²) in [5.41, 5.74) is 2.71. The van der Waals surface area contributed by atoms with Gasteiger partial charge < -0.3 is 20.4 Å². The van der Waals surface area contributed by atoms with Crippen molar-refractivity contribution in [1.82, 2.24) is 20.4 Å². The second-order valence-corrected chi connectivity index (χ2v) is 12.8. The van der Waals surface area contributed by atoms with E-state index in [0.29, 0.717) is 24.2 Å². The highest BCUT2D eigenvalue weighted by Crippen LogP contribution is 2.37. The molecule has 0 spiro atoms. The van der Waals surface area contributed by atoms with Crippen molar-refractivity contribution in [2.45, 2.75) is 27.7 Å². The van der Waals surface area contributed by atoms with Crippen molar-refractivity contribution in [2.75, 3.05) is 52.4 Å². The lowest BCUT2D eigenvalue weighted by Gasteiger charge is -2.21. The van der Waals surface area contributed by atoms with Crippen LogP contribution in [0.5, 0.6) is 0 Å². The number of fused-ring (bicyclic) bond motifs is 2. The van der Waals surface area contributed by atoms with Crippen LogP contribution in [0.25, 0.3) is 32.7 Å². The third-order valence-electron chi connectivity index (χ3n) is 7.90. The van der Waals surface area contributed by atoms with Crippen molar-refractivity contribution in [3.8, 4) is 11.1 Å². The molecule has 4 aromatic rings. The van der Waals surface area contributed by atoms with E-state index in [9.17, 15) is 9.59 Å². The van der Waals surface area contributed by atoms with Gasteiger partial charge in [-0.15, -0.1) is 0 Å². The van der Waals surface area contributed by atoms with Crippen LogP contribution in [0.2, 0.25) is 0 Å². The SMILES string of the molecule is CCN(CC)CCNC(=O)c1cc2ccc(I)cc2cc1-c1c(C(=O)NCCN(CC)CC)ccc2cc(I)ccc12. The molecule has 0 saturated heterocycles. The lowest BCUT2D eigenvalue weighted by Crippen LogP contribution is -2.35. The van der Waals surface area contributed by atoms with Gasteiger partial charge in [-0.05, 0) is 141 Å². The van der Waals surface area contributed by atoms with E-state index in [-0.39, 0.29) is 11.8 Å². The number of hydrogen-bond acceptors (Lipinski definition) is 4. The molecule has 4 aromatic carbocycles. The minimum Gasteiger partial charge on any atom is -0.351 e. The standard InChI is InChI=1S/C34H40I2N4O2/c1-5-39(6-2)17-15-37-33(41)29-13-10-24-19-27(36)12-14-28(24)32(29)30-22-25-20-26(35)11-9-23(25)21-31(30)34(42)38-16-18-40(7-3)8-4/h9-14,19-22H,5-8,15-18H2,1-4H3,(H,37,41)(H,38,42). The van der Waals surface area contributed by atoms with E-state index in [1.807, 2.05) is 18.2 Å². The summed E-state index contributed by atoms with van der Waals surface area (Å²) in [6, 6.07) is 20.4. The molecule has 0 atom stereocenters. The van der Waals surface area contributed by atoms with Gasteiger partial charge in [0.05, 0.1) is 0 Å². The Balaban J connectivity index is 1.85. The molecule has 0 aromatic heterocycles. The van der Waals surface area contributed by atoms with Crippen LogP contribution in [0.4, 0.5) is 0 Å². The third-order valence-corrected chi connectivity index (χ3v) is 9.24. The highest BCUT2D eigenvalue weighted by Gasteiger charge is 2.22. The van der Waals surface area contributed by atoms with Crippen molar-refractivity contribution in [1.29, 1.82) is 0 Å². The monoisotopic (exact) mass is 790 g/mol. The first kappa shape index (κ1) is 32.6. The van der Waals surface area contributed by atoms with Crippen molar-refractivity contribution in [3.63, 3.8) is 0 Å². The molecule has 0 bridgehead atoms. The van der Waals surface area contributed by atoms with Crippen LogP contribution in [0.1, 0.15) is 48.4 Å². The molecule has 42 heavy (non-hydrogen) atoms. The minimum atomic E-state index is -0.131. The number of benzene rings is 4. The smallest absolute Gasteiger partial charge is 0.251 e. The van der Waals surface area contributed by atoms with Crippen LogP contribution in [-0.2, 0) is 0 Å². The van der Waals surface area contributed by atoms with Gasteiger partial charge >= 0.3 is 0 Å². The van der Waals surface area contributed by atoms with Crippen LogP contribution in [0.15, 0.2) is 60.7 Å². The molecule has 6 nitrogen and oxygen atoms in total. The molecule has 4 rings (SSSR count). The van der Waals surface area contributed by atoms with E-state index in [1.165, 1.54) is 0 Å². The zero-order chi connectivity index (χ0) is 30.2. The van der Waals surface area contributed by atoms with Gasteiger partial charge in [0.2, 0.25) is 0 Å². The molecule has 0 radical (unpaired) electrons. The molecule has 222 valence electrons. The summed E-state index contributed by atoms with van der Waals surface area (Å²) < 4.78 is 2.23. The van der Waals surface area contributed by atoms with Gasteiger partial charge in [-0.3, -0.25) is 9.59 Å². The first-order valence-electron chi connectivity index (χ1n) is 14.8. The summed E-state index contributed by atoms with van der Waals surface area (Å²) in [6.45, 7) is 14.9. The van der Waals surface area contributed by atoms with E-state index in [4.69, 9.17) is 0 Å². The maximum absolute atomic E-state index is 13.9. The Hall–Kier alpha value is -2.28. The van der Waals surface area contributed by atoms with Gasteiger partial charge in [-0.2, -0.15) is 0 Å². The number of likely N-dealkylation sites (N-methyl/N-ethyl adjacent to an activating group) is 2. The van der Waals surface area contributed by atoms with Crippen LogP contribution in [-0.4, -0.2) is 74.0 Å². The van der Waals surface area contributed by atoms with E-state index in [0.717, 1.165) is 79.1 Å². The number of carbonyl (C=O) groups excluding carboxylic acids is 2. The van der Waals surface area contributed by atoms with Gasteiger partial charge in [0.25, 0.3) is 11.8 Å². The molecular weight excluding hydrogens is 750 g/mol. The predicted octanol–water partition coefficient (Wildman–Crippen LogP) is 7.01. The first-order valence-corrected chi connectivity index (χ1v) is 16.9. The van der Waals surface area contributed by atoms with Crippen molar-refractivity contribution < 1.29 is 9.59 Å². The summed E-state index contributed by atoms with van der Waals surface area (Å²) in [4.78, 5) is 32.2. The molecular formula is C34H40I2N4O2. The highest BCUT2D eigenvalue weighted by atomic mass is 127. The average Bonchev–Trinajstić information content (AvgIpc) is 2.99. The zero-order valence-corrected chi connectivity index (χ0v) is 29.2. The van der Waals surface area contributed by atoms with E-state index in [2.05, 4.69) is 136 Å². The molecule has 0 aliphatic rings. The van der Waals surface area contributed by atoms with Crippen molar-refractivity contribution in [2.24, 2.45) is 0 Å². The average molecular weight is 791 g/mol. The van der Waals surface area contributed by atoms with E-state index in [1.54, 1.807) is 0 Å².